The van der Waals surface area contributed by atoms with Gasteiger partial charge in [0.2, 0.25) is 0 Å². The van der Waals surface area contributed by atoms with Crippen LogP contribution >= 0.6 is 0 Å². The van der Waals surface area contributed by atoms with Gasteiger partial charge in [0.15, 0.2) is 12.8 Å². The number of likely N-dealkylation sites (N-methyl/N-ethyl adjacent to an activating group) is 1. The minimum absolute atomic E-state index is 0.260. The molecule has 0 saturated carbocycles. The molecule has 1 heterocycles. The number of amides is 2. The van der Waals surface area contributed by atoms with E-state index in [-0.39, 0.29) is 12.6 Å². The number of carbonyl (C=O) groups is 2. The summed E-state index contributed by atoms with van der Waals surface area (Å²) in [6, 6.07) is 6.58. The summed E-state index contributed by atoms with van der Waals surface area (Å²) >= 11 is 0. The van der Waals surface area contributed by atoms with Crippen LogP contribution in [0, 0.1) is 0 Å². The fourth-order valence-electron chi connectivity index (χ4n) is 1.63. The lowest BCUT2D eigenvalue weighted by Crippen LogP contribution is -2.33. The van der Waals surface area contributed by atoms with E-state index in [4.69, 9.17) is 15.2 Å². The molecule has 2 amide bonds. The zero-order chi connectivity index (χ0) is 13.8. The molecule has 1 saturated heterocycles. The largest absolute Gasteiger partial charge is 0.480 e. The average molecular weight is 265 g/mol. The topological polar surface area (TPSA) is 93.9 Å². The number of nitrogen functional groups attached to an aromatic ring is 1. The number of nitrogens with two attached hydrogens (primary N) is 1. The van der Waals surface area contributed by atoms with Crippen LogP contribution in [0.25, 0.3) is 0 Å². The van der Waals surface area contributed by atoms with Crippen molar-refractivity contribution in [1.82, 2.24) is 10.2 Å². The Balaban J connectivity index is 1.79. The molecule has 7 nitrogen and oxygen atoms in total. The smallest absolute Gasteiger partial charge is 0.346 e. The number of para-hydroxylation sites is 2. The number of rotatable bonds is 4. The third kappa shape index (κ3) is 3.27. The number of carbonyl (C=O) groups excluding carboxylic acids is 2. The van der Waals surface area contributed by atoms with Crippen molar-refractivity contribution < 1.29 is 19.1 Å². The number of hydrogen-bond acceptors (Lipinski definition) is 5. The Bertz CT molecular complexity index is 492. The molecule has 0 bridgehead atoms. The highest BCUT2D eigenvalue weighted by atomic mass is 16.6. The Hall–Kier alpha value is -2.44. The number of esters is 1. The van der Waals surface area contributed by atoms with Crippen LogP contribution in [0.1, 0.15) is 0 Å². The molecular weight excluding hydrogens is 250 g/mol. The molecule has 1 atom stereocenters. The van der Waals surface area contributed by atoms with Crippen molar-refractivity contribution >= 4 is 17.7 Å². The van der Waals surface area contributed by atoms with E-state index in [9.17, 15) is 9.59 Å². The number of benzene rings is 1. The van der Waals surface area contributed by atoms with Crippen LogP contribution < -0.4 is 15.8 Å². The maximum Gasteiger partial charge on any atom is 0.346 e. The Kier molecular flexibility index (Phi) is 3.74. The summed E-state index contributed by atoms with van der Waals surface area (Å²) in [5.41, 5.74) is 6.11. The lowest BCUT2D eigenvalue weighted by molar-refractivity contribution is -0.151. The predicted octanol–water partition coefficient (Wildman–Crippen LogP) is 0.172. The Morgan fingerprint density at radius 3 is 2.89 bits per heavy atom. The van der Waals surface area contributed by atoms with E-state index >= 15 is 0 Å². The van der Waals surface area contributed by atoms with Gasteiger partial charge in [-0.1, -0.05) is 12.1 Å². The lowest BCUT2D eigenvalue weighted by Gasteiger charge is -2.12. The van der Waals surface area contributed by atoms with Crippen molar-refractivity contribution in [2.24, 2.45) is 0 Å². The molecule has 1 fully saturated rings. The molecule has 3 N–H and O–H groups in total. The van der Waals surface area contributed by atoms with Crippen LogP contribution in [-0.4, -0.2) is 43.3 Å². The maximum absolute atomic E-state index is 11.5. The molecule has 7 heteroatoms. The van der Waals surface area contributed by atoms with Gasteiger partial charge in [-0.15, -0.1) is 0 Å². The highest BCUT2D eigenvalue weighted by molar-refractivity contribution is 5.77. The van der Waals surface area contributed by atoms with Gasteiger partial charge in [0, 0.05) is 7.05 Å². The summed E-state index contributed by atoms with van der Waals surface area (Å²) in [6.07, 6.45) is -0.637. The molecule has 0 aliphatic carbocycles. The summed E-state index contributed by atoms with van der Waals surface area (Å²) in [5, 5.41) is 2.51. The minimum Gasteiger partial charge on any atom is -0.480 e. The van der Waals surface area contributed by atoms with Crippen molar-refractivity contribution in [3.63, 3.8) is 0 Å². The SMILES string of the molecule is CN1CC(OC(=O)COc2ccccc2N)NC1=O. The van der Waals surface area contributed by atoms with Crippen LogP contribution in [-0.2, 0) is 9.53 Å². The van der Waals surface area contributed by atoms with Crippen molar-refractivity contribution in [2.45, 2.75) is 6.23 Å². The van der Waals surface area contributed by atoms with Crippen molar-refractivity contribution in [1.29, 1.82) is 0 Å². The first-order chi connectivity index (χ1) is 9.06. The predicted molar refractivity (Wildman–Crippen MR) is 67.4 cm³/mol. The normalized spacial score (nSPS) is 18.1. The van der Waals surface area contributed by atoms with Gasteiger partial charge >= 0.3 is 12.0 Å². The van der Waals surface area contributed by atoms with Gasteiger partial charge in [-0.25, -0.2) is 9.59 Å². The molecule has 1 unspecified atom stereocenters. The summed E-state index contributed by atoms with van der Waals surface area (Å²) in [6.45, 7) is 0.0579. The fraction of sp³-hybridized carbons (Fsp3) is 0.333. The number of ether oxygens (including phenoxy) is 2. The van der Waals surface area contributed by atoms with Crippen LogP contribution in [0.3, 0.4) is 0 Å². The first-order valence-corrected chi connectivity index (χ1v) is 5.74. The molecule has 1 aliphatic rings. The number of urea groups is 1. The summed E-state index contributed by atoms with van der Waals surface area (Å²) in [5.74, 6) is -0.143. The van der Waals surface area contributed by atoms with Crippen LogP contribution in [0.15, 0.2) is 24.3 Å². The van der Waals surface area contributed by atoms with E-state index < -0.39 is 12.2 Å². The quantitative estimate of drug-likeness (QED) is 0.598. The van der Waals surface area contributed by atoms with Gasteiger partial charge in [0.25, 0.3) is 0 Å². The molecule has 0 spiro atoms. The van der Waals surface area contributed by atoms with E-state index in [2.05, 4.69) is 5.32 Å². The second-order valence-electron chi connectivity index (χ2n) is 4.14. The maximum atomic E-state index is 11.5. The third-order valence-electron chi connectivity index (χ3n) is 2.61. The van der Waals surface area contributed by atoms with E-state index in [1.165, 1.54) is 4.90 Å². The third-order valence-corrected chi connectivity index (χ3v) is 2.61. The Morgan fingerprint density at radius 1 is 1.53 bits per heavy atom. The van der Waals surface area contributed by atoms with Gasteiger partial charge in [0.1, 0.15) is 5.75 Å². The molecular formula is C12H15N3O4. The zero-order valence-electron chi connectivity index (χ0n) is 10.5. The Morgan fingerprint density at radius 2 is 2.26 bits per heavy atom. The fourth-order valence-corrected chi connectivity index (χ4v) is 1.63. The summed E-state index contributed by atoms with van der Waals surface area (Å²) < 4.78 is 10.3. The molecule has 0 radical (unpaired) electrons. The second kappa shape index (κ2) is 5.47. The molecule has 1 aliphatic heterocycles. The van der Waals surface area contributed by atoms with Crippen LogP contribution in [0.4, 0.5) is 10.5 Å². The molecule has 1 aromatic rings. The van der Waals surface area contributed by atoms with Gasteiger partial charge < -0.3 is 25.4 Å². The van der Waals surface area contributed by atoms with E-state index in [0.29, 0.717) is 18.0 Å². The first kappa shape index (κ1) is 13.0. The minimum atomic E-state index is -0.637. The van der Waals surface area contributed by atoms with Crippen molar-refractivity contribution in [3.05, 3.63) is 24.3 Å². The number of nitrogens with zero attached hydrogens (tertiary/aromatic N) is 1. The van der Waals surface area contributed by atoms with Gasteiger partial charge in [-0.2, -0.15) is 0 Å². The van der Waals surface area contributed by atoms with Crippen LogP contribution in [0.2, 0.25) is 0 Å². The van der Waals surface area contributed by atoms with Crippen molar-refractivity contribution in [2.75, 3.05) is 25.9 Å². The highest BCUT2D eigenvalue weighted by Gasteiger charge is 2.28. The number of hydrogen-bond donors (Lipinski definition) is 2. The Labute approximate surface area is 110 Å². The zero-order valence-corrected chi connectivity index (χ0v) is 10.5. The molecule has 102 valence electrons. The van der Waals surface area contributed by atoms with Gasteiger partial charge in [-0.05, 0) is 12.1 Å². The summed E-state index contributed by atoms with van der Waals surface area (Å²) in [4.78, 5) is 24.1. The number of nitrogens with one attached hydrogen (secondary N) is 1. The van der Waals surface area contributed by atoms with Gasteiger partial charge in [0.05, 0.1) is 12.2 Å². The molecule has 19 heavy (non-hydrogen) atoms. The summed E-state index contributed by atoms with van der Waals surface area (Å²) in [7, 11) is 1.62. The highest BCUT2D eigenvalue weighted by Crippen LogP contribution is 2.19. The monoisotopic (exact) mass is 265 g/mol. The second-order valence-corrected chi connectivity index (χ2v) is 4.14. The molecule has 2 rings (SSSR count). The lowest BCUT2D eigenvalue weighted by atomic mass is 10.3. The van der Waals surface area contributed by atoms with E-state index in [1.54, 1.807) is 31.3 Å². The van der Waals surface area contributed by atoms with E-state index in [0.717, 1.165) is 0 Å². The van der Waals surface area contributed by atoms with Gasteiger partial charge in [-0.3, -0.25) is 0 Å². The first-order valence-electron chi connectivity index (χ1n) is 5.74. The average Bonchev–Trinajstić information content (AvgIpc) is 2.67. The standard InChI is InChI=1S/C12H15N3O4/c1-15-6-10(14-12(15)17)19-11(16)7-18-9-5-3-2-4-8(9)13/h2-5,10H,6-7,13H2,1H3,(H,14,17). The van der Waals surface area contributed by atoms with E-state index in [1.807, 2.05) is 0 Å². The molecule has 1 aromatic carbocycles. The van der Waals surface area contributed by atoms with Crippen LogP contribution in [0.5, 0.6) is 5.75 Å². The van der Waals surface area contributed by atoms with Crippen molar-refractivity contribution in [3.8, 4) is 5.75 Å². The molecule has 0 aromatic heterocycles. The number of anilines is 1.